The average molecular weight is 635 g/mol. The second-order valence-corrected chi connectivity index (χ2v) is 16.0. The van der Waals surface area contributed by atoms with E-state index in [2.05, 4.69) is 52.5 Å². The van der Waals surface area contributed by atoms with Gasteiger partial charge in [-0.3, -0.25) is 0 Å². The summed E-state index contributed by atoms with van der Waals surface area (Å²) in [6, 6.07) is 0. The van der Waals surface area contributed by atoms with Crippen molar-refractivity contribution >= 4 is 0 Å². The van der Waals surface area contributed by atoms with Crippen molar-refractivity contribution in [1.29, 1.82) is 0 Å². The van der Waals surface area contributed by atoms with Crippen LogP contribution in [0.3, 0.4) is 0 Å². The summed E-state index contributed by atoms with van der Waals surface area (Å²) in [6.07, 6.45) is 22.3. The molecule has 0 rings (SSSR count). The smallest absolute Gasteiger partial charge is 0.0800 e. The monoisotopic (exact) mass is 635 g/mol. The summed E-state index contributed by atoms with van der Waals surface area (Å²) in [6.45, 7) is 21.5. The molecule has 0 aliphatic rings. The quantitative estimate of drug-likeness (QED) is 0.0610. The van der Waals surface area contributed by atoms with E-state index < -0.39 is 28.0 Å². The minimum Gasteiger partial charge on any atom is -0.390 e. The van der Waals surface area contributed by atoms with Crippen LogP contribution in [0.2, 0.25) is 0 Å². The van der Waals surface area contributed by atoms with E-state index in [4.69, 9.17) is 0 Å². The Morgan fingerprint density at radius 1 is 0.467 bits per heavy atom. The second-order valence-electron chi connectivity index (χ2n) is 16.0. The Bertz CT molecular complexity index is 913. The summed E-state index contributed by atoms with van der Waals surface area (Å²) >= 11 is 0. The topological polar surface area (TPSA) is 101 Å². The van der Waals surface area contributed by atoms with Gasteiger partial charge in [-0.15, -0.1) is 6.58 Å². The van der Waals surface area contributed by atoms with Crippen molar-refractivity contribution in [2.75, 3.05) is 0 Å². The SMILES string of the molecule is C=C[C@@](C)(O)CC/C=C(\C)CC/C=C(\C)CCC[C@@](C)(O)CCC[C@](C)(O)CCC[C@@](C)(O)CCC[C@@](C)(O)CCC=C(C)C. The van der Waals surface area contributed by atoms with E-state index in [0.29, 0.717) is 44.9 Å². The molecule has 5 atom stereocenters. The van der Waals surface area contributed by atoms with Crippen LogP contribution in [-0.4, -0.2) is 53.5 Å². The van der Waals surface area contributed by atoms with Gasteiger partial charge in [0.25, 0.3) is 0 Å². The van der Waals surface area contributed by atoms with Gasteiger partial charge >= 0.3 is 0 Å². The largest absolute Gasteiger partial charge is 0.390 e. The molecular formula is C40H74O5. The van der Waals surface area contributed by atoms with Gasteiger partial charge in [0, 0.05) is 0 Å². The molecule has 0 heterocycles. The lowest BCUT2D eigenvalue weighted by Gasteiger charge is -2.30. The molecule has 0 fully saturated rings. The zero-order valence-corrected chi connectivity index (χ0v) is 31.0. The third kappa shape index (κ3) is 25.5. The van der Waals surface area contributed by atoms with Crippen molar-refractivity contribution in [3.8, 4) is 0 Å². The van der Waals surface area contributed by atoms with Gasteiger partial charge in [0.05, 0.1) is 28.0 Å². The van der Waals surface area contributed by atoms with Crippen LogP contribution in [0.1, 0.15) is 178 Å². The molecule has 5 heteroatoms. The third-order valence-corrected chi connectivity index (χ3v) is 9.43. The maximum absolute atomic E-state index is 10.9. The fourth-order valence-electron chi connectivity index (χ4n) is 5.93. The van der Waals surface area contributed by atoms with E-state index in [0.717, 1.165) is 70.6 Å². The minimum atomic E-state index is -0.809. The first-order valence-electron chi connectivity index (χ1n) is 17.8. The van der Waals surface area contributed by atoms with Gasteiger partial charge in [-0.05, 0) is 178 Å². The van der Waals surface area contributed by atoms with E-state index in [1.807, 2.05) is 27.7 Å². The van der Waals surface area contributed by atoms with Crippen molar-refractivity contribution < 1.29 is 25.5 Å². The number of aliphatic hydroxyl groups is 5. The second kappa shape index (κ2) is 20.9. The highest BCUT2D eigenvalue weighted by molar-refractivity contribution is 5.05. The van der Waals surface area contributed by atoms with E-state index in [1.165, 1.54) is 16.7 Å². The number of rotatable bonds is 26. The Balaban J connectivity index is 4.30. The Kier molecular flexibility index (Phi) is 20.3. The first-order chi connectivity index (χ1) is 20.6. The maximum Gasteiger partial charge on any atom is 0.0800 e. The molecule has 264 valence electrons. The lowest BCUT2D eigenvalue weighted by atomic mass is 9.84. The summed E-state index contributed by atoms with van der Waals surface area (Å²) in [5.41, 5.74) is 0.111. The molecule has 0 bridgehead atoms. The van der Waals surface area contributed by atoms with E-state index in [-0.39, 0.29) is 0 Å². The lowest BCUT2D eigenvalue weighted by molar-refractivity contribution is -0.00312. The van der Waals surface area contributed by atoms with Crippen LogP contribution in [0.5, 0.6) is 0 Å². The van der Waals surface area contributed by atoms with Gasteiger partial charge in [-0.2, -0.15) is 0 Å². The highest BCUT2D eigenvalue weighted by atomic mass is 16.3. The normalized spacial score (nSPS) is 19.5. The van der Waals surface area contributed by atoms with E-state index >= 15 is 0 Å². The van der Waals surface area contributed by atoms with Gasteiger partial charge in [-0.1, -0.05) is 41.0 Å². The van der Waals surface area contributed by atoms with Gasteiger partial charge in [0.2, 0.25) is 0 Å². The zero-order valence-electron chi connectivity index (χ0n) is 31.0. The third-order valence-electron chi connectivity index (χ3n) is 9.43. The van der Waals surface area contributed by atoms with Crippen molar-refractivity contribution in [2.45, 2.75) is 206 Å². The van der Waals surface area contributed by atoms with E-state index in [1.54, 1.807) is 13.0 Å². The van der Waals surface area contributed by atoms with Gasteiger partial charge in [0.1, 0.15) is 0 Å². The predicted molar refractivity (Wildman–Crippen MR) is 193 cm³/mol. The predicted octanol–water partition coefficient (Wildman–Crippen LogP) is 9.81. The molecule has 0 aromatic carbocycles. The Morgan fingerprint density at radius 3 is 1.24 bits per heavy atom. The molecule has 0 spiro atoms. The maximum atomic E-state index is 10.9. The molecule has 0 saturated heterocycles. The van der Waals surface area contributed by atoms with Gasteiger partial charge < -0.3 is 25.5 Å². The summed E-state index contributed by atoms with van der Waals surface area (Å²) in [4.78, 5) is 0. The summed E-state index contributed by atoms with van der Waals surface area (Å²) in [7, 11) is 0. The van der Waals surface area contributed by atoms with Crippen LogP contribution in [-0.2, 0) is 0 Å². The Morgan fingerprint density at radius 2 is 0.822 bits per heavy atom. The van der Waals surface area contributed by atoms with E-state index in [9.17, 15) is 25.5 Å². The average Bonchev–Trinajstić information content (AvgIpc) is 2.87. The summed E-state index contributed by atoms with van der Waals surface area (Å²) < 4.78 is 0. The molecular weight excluding hydrogens is 560 g/mol. The first-order valence-corrected chi connectivity index (χ1v) is 17.8. The van der Waals surface area contributed by atoms with Crippen molar-refractivity contribution in [2.24, 2.45) is 0 Å². The number of allylic oxidation sites excluding steroid dienone is 6. The van der Waals surface area contributed by atoms with Gasteiger partial charge in [0.15, 0.2) is 0 Å². The summed E-state index contributed by atoms with van der Waals surface area (Å²) in [5.74, 6) is 0. The zero-order chi connectivity index (χ0) is 34.8. The highest BCUT2D eigenvalue weighted by Gasteiger charge is 2.27. The highest BCUT2D eigenvalue weighted by Crippen LogP contribution is 2.30. The van der Waals surface area contributed by atoms with Crippen molar-refractivity contribution in [3.05, 3.63) is 47.6 Å². The van der Waals surface area contributed by atoms with Crippen LogP contribution in [0, 0.1) is 0 Å². The van der Waals surface area contributed by atoms with Crippen LogP contribution in [0.25, 0.3) is 0 Å². The molecule has 45 heavy (non-hydrogen) atoms. The van der Waals surface area contributed by atoms with Gasteiger partial charge in [-0.25, -0.2) is 0 Å². The number of hydrogen-bond donors (Lipinski definition) is 5. The fraction of sp³-hybridized carbons (Fsp3) is 0.800. The van der Waals surface area contributed by atoms with Crippen molar-refractivity contribution in [1.82, 2.24) is 0 Å². The molecule has 0 aliphatic heterocycles. The molecule has 0 radical (unpaired) electrons. The first kappa shape index (κ1) is 43.8. The molecule has 0 amide bonds. The van der Waals surface area contributed by atoms with Crippen LogP contribution in [0.4, 0.5) is 0 Å². The van der Waals surface area contributed by atoms with Crippen LogP contribution >= 0.6 is 0 Å². The molecule has 0 aromatic rings. The Hall–Kier alpha value is -1.24. The molecule has 5 nitrogen and oxygen atoms in total. The fourth-order valence-corrected chi connectivity index (χ4v) is 5.93. The standard InChI is InChI=1S/C40H74O5/c1-11-36(6,41)24-14-22-34(4)20-12-21-35(5)23-15-26-38(8,43)28-17-30-40(10,45)32-18-31-39(9,44)29-16-27-37(7,42)25-13-19-33(2)3/h11,19,21-22,41-45H,1,12-18,20,23-32H2,2-10H3/b34-22+,35-21+/t36-,37+,38-,39+,40+/m1/s1. The Labute approximate surface area is 278 Å². The molecule has 0 saturated carbocycles. The van der Waals surface area contributed by atoms with Crippen LogP contribution in [0.15, 0.2) is 47.6 Å². The van der Waals surface area contributed by atoms with Crippen molar-refractivity contribution in [3.63, 3.8) is 0 Å². The lowest BCUT2D eigenvalue weighted by Crippen LogP contribution is -2.30. The van der Waals surface area contributed by atoms with Crippen LogP contribution < -0.4 is 0 Å². The minimum absolute atomic E-state index is 0.625. The molecule has 0 aliphatic carbocycles. The molecule has 0 aromatic heterocycles. The number of hydrogen-bond acceptors (Lipinski definition) is 5. The summed E-state index contributed by atoms with van der Waals surface area (Å²) in [5, 5.41) is 53.4. The molecule has 0 unspecified atom stereocenters. The molecule has 5 N–H and O–H groups in total.